The van der Waals surface area contributed by atoms with Crippen LogP contribution in [0.3, 0.4) is 0 Å². The number of carbonyl (C=O) groups excluding carboxylic acids is 1. The van der Waals surface area contributed by atoms with E-state index >= 15 is 0 Å². The molecule has 0 aliphatic rings. The van der Waals surface area contributed by atoms with Gasteiger partial charge in [0.2, 0.25) is 5.91 Å². The van der Waals surface area contributed by atoms with Gasteiger partial charge in [0.15, 0.2) is 0 Å². The van der Waals surface area contributed by atoms with Crippen molar-refractivity contribution >= 4 is 29.0 Å². The third-order valence-corrected chi connectivity index (χ3v) is 5.69. The molecule has 0 unspecified atom stereocenters. The second-order valence-corrected chi connectivity index (χ2v) is 7.76. The van der Waals surface area contributed by atoms with Gasteiger partial charge >= 0.3 is 0 Å². The zero-order valence-corrected chi connectivity index (χ0v) is 16.8. The number of amides is 1. The largest absolute Gasteiger partial charge is 0.508 e. The summed E-state index contributed by atoms with van der Waals surface area (Å²) in [6.45, 7) is 0. The predicted molar refractivity (Wildman–Crippen MR) is 123 cm³/mol. The van der Waals surface area contributed by atoms with Gasteiger partial charge in [-0.15, -0.1) is 11.3 Å². The Labute approximate surface area is 178 Å². The molecule has 5 heteroatoms. The highest BCUT2D eigenvalue weighted by Crippen LogP contribution is 2.37. The summed E-state index contributed by atoms with van der Waals surface area (Å²) in [6, 6.07) is 25.7. The quantitative estimate of drug-likeness (QED) is 0.344. The number of phenolic OH excluding ortho intramolecular Hbond substituents is 2. The van der Waals surface area contributed by atoms with E-state index in [1.165, 1.54) is 6.08 Å². The number of aromatic hydroxyl groups is 2. The first-order chi connectivity index (χ1) is 14.6. The van der Waals surface area contributed by atoms with Gasteiger partial charge in [0.25, 0.3) is 0 Å². The molecule has 4 aromatic rings. The first-order valence-electron chi connectivity index (χ1n) is 9.35. The number of thiophene rings is 1. The summed E-state index contributed by atoms with van der Waals surface area (Å²) in [6.07, 6.45) is 3.00. The average molecular weight is 413 g/mol. The molecule has 0 saturated heterocycles. The second kappa shape index (κ2) is 8.68. The summed E-state index contributed by atoms with van der Waals surface area (Å²) >= 11 is 1.59. The molecule has 30 heavy (non-hydrogen) atoms. The maximum Gasteiger partial charge on any atom is 0.248 e. The zero-order chi connectivity index (χ0) is 20.9. The molecule has 0 saturated carbocycles. The van der Waals surface area contributed by atoms with Crippen molar-refractivity contribution in [3.8, 4) is 32.4 Å². The van der Waals surface area contributed by atoms with Crippen LogP contribution in [0.15, 0.2) is 91.0 Å². The number of carbonyl (C=O) groups is 1. The highest BCUT2D eigenvalue weighted by atomic mass is 32.1. The Hall–Kier alpha value is -3.83. The van der Waals surface area contributed by atoms with Crippen molar-refractivity contribution in [1.82, 2.24) is 0 Å². The van der Waals surface area contributed by atoms with Crippen molar-refractivity contribution in [3.05, 3.63) is 96.6 Å². The number of benzene rings is 3. The molecule has 0 radical (unpaired) electrons. The fourth-order valence-electron chi connectivity index (χ4n) is 3.02. The molecule has 0 fully saturated rings. The normalized spacial score (nSPS) is 10.9. The minimum absolute atomic E-state index is 0.104. The van der Waals surface area contributed by atoms with Gasteiger partial charge in [0, 0.05) is 27.1 Å². The lowest BCUT2D eigenvalue weighted by atomic mass is 10.1. The van der Waals surface area contributed by atoms with Crippen molar-refractivity contribution < 1.29 is 15.0 Å². The average Bonchev–Trinajstić information content (AvgIpc) is 3.24. The third kappa shape index (κ3) is 4.59. The first-order valence-corrected chi connectivity index (χ1v) is 10.2. The van der Waals surface area contributed by atoms with Crippen LogP contribution >= 0.6 is 11.3 Å². The van der Waals surface area contributed by atoms with E-state index in [4.69, 9.17) is 0 Å². The van der Waals surface area contributed by atoms with Crippen LogP contribution in [0, 0.1) is 0 Å². The number of anilines is 1. The summed E-state index contributed by atoms with van der Waals surface area (Å²) in [5.74, 6) is 0.0638. The van der Waals surface area contributed by atoms with E-state index in [2.05, 4.69) is 5.32 Å². The molecule has 3 N–H and O–H groups in total. The van der Waals surface area contributed by atoms with E-state index in [0.717, 1.165) is 20.9 Å². The van der Waals surface area contributed by atoms with E-state index in [0.29, 0.717) is 11.3 Å². The van der Waals surface area contributed by atoms with E-state index in [-0.39, 0.29) is 17.4 Å². The smallest absolute Gasteiger partial charge is 0.248 e. The minimum atomic E-state index is -0.270. The number of nitrogens with one attached hydrogen (secondary N) is 1. The Balaban J connectivity index is 1.54. The highest BCUT2D eigenvalue weighted by molar-refractivity contribution is 7.18. The molecule has 1 aromatic heterocycles. The summed E-state index contributed by atoms with van der Waals surface area (Å²) in [5, 5.41) is 22.7. The highest BCUT2D eigenvalue weighted by Gasteiger charge is 2.08. The topological polar surface area (TPSA) is 69.6 Å². The van der Waals surface area contributed by atoms with Gasteiger partial charge in [-0.1, -0.05) is 30.3 Å². The standard InChI is InChI=1S/C25H19NO3S/c27-21-8-4-5-18(16-21)23-12-13-24(30-23)19-9-11-22(28)17(15-19)10-14-25(29)26-20-6-2-1-3-7-20/h1-16,27-28H,(H,26,29)/b14-10+. The third-order valence-electron chi connectivity index (χ3n) is 4.50. The van der Waals surface area contributed by atoms with Gasteiger partial charge in [0.05, 0.1) is 0 Å². The van der Waals surface area contributed by atoms with Crippen molar-refractivity contribution in [2.24, 2.45) is 0 Å². The van der Waals surface area contributed by atoms with Crippen LogP contribution in [-0.2, 0) is 4.79 Å². The predicted octanol–water partition coefficient (Wildman–Crippen LogP) is 6.15. The molecule has 4 rings (SSSR count). The van der Waals surface area contributed by atoms with E-state index in [1.54, 1.807) is 35.6 Å². The number of phenols is 2. The van der Waals surface area contributed by atoms with E-state index in [1.807, 2.05) is 66.7 Å². The number of rotatable bonds is 5. The van der Waals surface area contributed by atoms with E-state index in [9.17, 15) is 15.0 Å². The number of para-hydroxylation sites is 1. The molecule has 148 valence electrons. The lowest BCUT2D eigenvalue weighted by Gasteiger charge is -2.04. The van der Waals surface area contributed by atoms with Gasteiger partial charge in [-0.2, -0.15) is 0 Å². The van der Waals surface area contributed by atoms with Crippen molar-refractivity contribution in [2.75, 3.05) is 5.32 Å². The van der Waals surface area contributed by atoms with Crippen molar-refractivity contribution in [3.63, 3.8) is 0 Å². The van der Waals surface area contributed by atoms with Crippen molar-refractivity contribution in [2.45, 2.75) is 0 Å². The van der Waals surface area contributed by atoms with Crippen LogP contribution in [0.25, 0.3) is 27.0 Å². The lowest BCUT2D eigenvalue weighted by molar-refractivity contribution is -0.111. The maximum atomic E-state index is 12.1. The summed E-state index contributed by atoms with van der Waals surface area (Å²) < 4.78 is 0. The SMILES string of the molecule is O=C(/C=C/c1cc(-c2ccc(-c3cccc(O)c3)s2)ccc1O)Nc1ccccc1. The Morgan fingerprint density at radius 2 is 1.53 bits per heavy atom. The van der Waals surface area contributed by atoms with Gasteiger partial charge in [-0.3, -0.25) is 4.79 Å². The first kappa shape index (κ1) is 19.5. The van der Waals surface area contributed by atoms with Crippen LogP contribution in [0.5, 0.6) is 11.5 Å². The van der Waals surface area contributed by atoms with Crippen LogP contribution < -0.4 is 5.32 Å². The Morgan fingerprint density at radius 1 is 0.800 bits per heavy atom. The summed E-state index contributed by atoms with van der Waals surface area (Å²) in [7, 11) is 0. The molecule has 3 aromatic carbocycles. The molecule has 0 aliphatic carbocycles. The molecule has 0 spiro atoms. The van der Waals surface area contributed by atoms with Crippen LogP contribution in [-0.4, -0.2) is 16.1 Å². The Kier molecular flexibility index (Phi) is 5.63. The van der Waals surface area contributed by atoms with Crippen LogP contribution in [0.1, 0.15) is 5.56 Å². The Bertz CT molecular complexity index is 1210. The molecule has 0 bridgehead atoms. The molecule has 0 aliphatic heterocycles. The molecule has 1 amide bonds. The van der Waals surface area contributed by atoms with Gasteiger partial charge in [-0.25, -0.2) is 0 Å². The molecule has 0 atom stereocenters. The van der Waals surface area contributed by atoms with Gasteiger partial charge < -0.3 is 15.5 Å². The Morgan fingerprint density at radius 3 is 2.27 bits per heavy atom. The fourth-order valence-corrected chi connectivity index (χ4v) is 4.02. The van der Waals surface area contributed by atoms with E-state index < -0.39 is 0 Å². The zero-order valence-electron chi connectivity index (χ0n) is 15.9. The summed E-state index contributed by atoms with van der Waals surface area (Å²) in [4.78, 5) is 14.2. The van der Waals surface area contributed by atoms with Crippen LogP contribution in [0.4, 0.5) is 5.69 Å². The summed E-state index contributed by atoms with van der Waals surface area (Å²) in [5.41, 5.74) is 3.15. The molecule has 1 heterocycles. The van der Waals surface area contributed by atoms with Crippen molar-refractivity contribution in [1.29, 1.82) is 0 Å². The fraction of sp³-hybridized carbons (Fsp3) is 0. The molecule has 4 nitrogen and oxygen atoms in total. The van der Waals surface area contributed by atoms with Gasteiger partial charge in [0.1, 0.15) is 11.5 Å². The lowest BCUT2D eigenvalue weighted by Crippen LogP contribution is -2.07. The molecular formula is C25H19NO3S. The number of hydrogen-bond acceptors (Lipinski definition) is 4. The maximum absolute atomic E-state index is 12.1. The second-order valence-electron chi connectivity index (χ2n) is 6.68. The van der Waals surface area contributed by atoms with Gasteiger partial charge in [-0.05, 0) is 71.8 Å². The van der Waals surface area contributed by atoms with Crippen LogP contribution in [0.2, 0.25) is 0 Å². The number of hydrogen-bond donors (Lipinski definition) is 3. The molecular weight excluding hydrogens is 394 g/mol. The minimum Gasteiger partial charge on any atom is -0.508 e. The monoisotopic (exact) mass is 413 g/mol.